The van der Waals surface area contributed by atoms with Crippen molar-refractivity contribution in [2.45, 2.75) is 19.4 Å². The molecule has 0 saturated heterocycles. The van der Waals surface area contributed by atoms with Crippen LogP contribution in [0.2, 0.25) is 0 Å². The summed E-state index contributed by atoms with van der Waals surface area (Å²) in [7, 11) is 0. The lowest BCUT2D eigenvalue weighted by molar-refractivity contribution is -0.140. The van der Waals surface area contributed by atoms with Crippen LogP contribution in [0.4, 0.5) is 0 Å². The second kappa shape index (κ2) is 8.56. The van der Waals surface area contributed by atoms with Gasteiger partial charge in [-0.15, -0.1) is 11.8 Å². The Hall–Kier alpha value is -3.04. The second-order valence-corrected chi connectivity index (χ2v) is 6.81. The molecule has 1 aromatic heterocycles. The van der Waals surface area contributed by atoms with E-state index in [0.29, 0.717) is 16.8 Å². The summed E-state index contributed by atoms with van der Waals surface area (Å²) in [6, 6.07) is 15.4. The monoisotopic (exact) mass is 377 g/mol. The molecule has 0 spiro atoms. The highest BCUT2D eigenvalue weighted by atomic mass is 32.2. The van der Waals surface area contributed by atoms with Gasteiger partial charge in [-0.25, -0.2) is 4.79 Å². The smallest absolute Gasteiger partial charge is 0.337 e. The highest BCUT2D eigenvalue weighted by Gasteiger charge is 2.35. The maximum absolute atomic E-state index is 12.9. The average molecular weight is 377 g/mol. The number of nitriles is 1. The SMILES string of the molecule is CSC1=C(C#N)C(c2ccncc2)C(C(=O)OCc2ccccc2)=C(C)N1. The number of nitrogens with one attached hydrogen (secondary N) is 1. The Labute approximate surface area is 162 Å². The molecule has 1 N–H and O–H groups in total. The van der Waals surface area contributed by atoms with Crippen LogP contribution in [0.5, 0.6) is 0 Å². The lowest BCUT2D eigenvalue weighted by atomic mass is 9.83. The number of esters is 1. The van der Waals surface area contributed by atoms with Crippen LogP contribution in [-0.4, -0.2) is 17.2 Å². The highest BCUT2D eigenvalue weighted by Crippen LogP contribution is 2.40. The fraction of sp³-hybridized carbons (Fsp3) is 0.190. The van der Waals surface area contributed by atoms with Crippen LogP contribution in [0.15, 0.2) is 76.7 Å². The van der Waals surface area contributed by atoms with Gasteiger partial charge in [-0.3, -0.25) is 4.98 Å². The van der Waals surface area contributed by atoms with Crippen LogP contribution in [0.3, 0.4) is 0 Å². The molecule has 6 heteroatoms. The van der Waals surface area contributed by atoms with Gasteiger partial charge in [0.1, 0.15) is 6.61 Å². The van der Waals surface area contributed by atoms with Crippen molar-refractivity contribution in [3.05, 3.63) is 87.9 Å². The van der Waals surface area contributed by atoms with E-state index in [1.165, 1.54) is 11.8 Å². The van der Waals surface area contributed by atoms with E-state index in [1.807, 2.05) is 55.6 Å². The number of hydrogen-bond donors (Lipinski definition) is 1. The zero-order chi connectivity index (χ0) is 19.2. The molecule has 2 aromatic rings. The van der Waals surface area contributed by atoms with Gasteiger partial charge >= 0.3 is 5.97 Å². The summed E-state index contributed by atoms with van der Waals surface area (Å²) in [6.07, 6.45) is 5.22. The lowest BCUT2D eigenvalue weighted by Gasteiger charge is -2.28. The number of nitrogens with zero attached hydrogens (tertiary/aromatic N) is 2. The van der Waals surface area contributed by atoms with Gasteiger partial charge in [-0.2, -0.15) is 5.26 Å². The minimum absolute atomic E-state index is 0.181. The Morgan fingerprint density at radius 1 is 1.26 bits per heavy atom. The third-order valence-electron chi connectivity index (χ3n) is 4.32. The molecule has 3 rings (SSSR count). The van der Waals surface area contributed by atoms with Crippen molar-refractivity contribution in [3.63, 3.8) is 0 Å². The molecule has 1 aromatic carbocycles. The summed E-state index contributed by atoms with van der Waals surface area (Å²) < 4.78 is 5.56. The van der Waals surface area contributed by atoms with Crippen LogP contribution in [0, 0.1) is 11.3 Å². The van der Waals surface area contributed by atoms with Gasteiger partial charge in [0.2, 0.25) is 0 Å². The second-order valence-electron chi connectivity index (χ2n) is 6.00. The van der Waals surface area contributed by atoms with Crippen LogP contribution in [-0.2, 0) is 16.1 Å². The first-order valence-corrected chi connectivity index (χ1v) is 9.65. The van der Waals surface area contributed by atoms with Gasteiger partial charge in [0, 0.05) is 18.1 Å². The normalized spacial score (nSPS) is 16.6. The van der Waals surface area contributed by atoms with Gasteiger partial charge in [0.15, 0.2) is 0 Å². The first-order chi connectivity index (χ1) is 13.2. The molecular weight excluding hydrogens is 358 g/mol. The number of aromatic nitrogens is 1. The molecule has 1 aliphatic heterocycles. The van der Waals surface area contributed by atoms with Crippen molar-refractivity contribution >= 4 is 17.7 Å². The number of ether oxygens (including phenoxy) is 1. The van der Waals surface area contributed by atoms with E-state index in [0.717, 1.165) is 16.2 Å². The molecule has 5 nitrogen and oxygen atoms in total. The number of pyridine rings is 1. The molecule has 0 saturated carbocycles. The van der Waals surface area contributed by atoms with E-state index in [9.17, 15) is 10.1 Å². The van der Waals surface area contributed by atoms with Crippen molar-refractivity contribution in [1.29, 1.82) is 5.26 Å². The molecule has 136 valence electrons. The maximum Gasteiger partial charge on any atom is 0.337 e. The van der Waals surface area contributed by atoms with Crippen molar-refractivity contribution < 1.29 is 9.53 Å². The fourth-order valence-electron chi connectivity index (χ4n) is 3.03. The van der Waals surface area contributed by atoms with E-state index in [-0.39, 0.29) is 6.61 Å². The fourth-order valence-corrected chi connectivity index (χ4v) is 3.67. The molecule has 0 bridgehead atoms. The summed E-state index contributed by atoms with van der Waals surface area (Å²) in [5.74, 6) is -0.913. The van der Waals surface area contributed by atoms with Crippen LogP contribution < -0.4 is 5.32 Å². The Balaban J connectivity index is 1.96. The maximum atomic E-state index is 12.9. The van der Waals surface area contributed by atoms with Gasteiger partial charge < -0.3 is 10.1 Å². The molecular formula is C21H19N3O2S. The van der Waals surface area contributed by atoms with Crippen molar-refractivity contribution in [2.24, 2.45) is 0 Å². The third kappa shape index (κ3) is 4.04. The first-order valence-electron chi connectivity index (χ1n) is 8.42. The van der Waals surface area contributed by atoms with E-state index in [2.05, 4.69) is 16.4 Å². The topological polar surface area (TPSA) is 75.0 Å². The number of hydrogen-bond acceptors (Lipinski definition) is 6. The molecule has 1 unspecified atom stereocenters. The largest absolute Gasteiger partial charge is 0.457 e. The molecule has 27 heavy (non-hydrogen) atoms. The molecule has 1 atom stereocenters. The van der Waals surface area contributed by atoms with Crippen LogP contribution in [0.1, 0.15) is 24.0 Å². The molecule has 0 radical (unpaired) electrons. The number of allylic oxidation sites excluding steroid dienone is 2. The standard InChI is InChI=1S/C21H19N3O2S/c1-14-18(21(25)26-13-15-6-4-3-5-7-15)19(16-8-10-23-11-9-16)17(12-22)20(24-14)27-2/h3-11,19,24H,13H2,1-2H3. The number of carbonyl (C=O) groups excluding carboxylic acids is 1. The summed E-state index contributed by atoms with van der Waals surface area (Å²) in [5, 5.41) is 13.7. The molecule has 1 aliphatic rings. The molecule has 2 heterocycles. The number of dihydropyridines is 1. The zero-order valence-electron chi connectivity index (χ0n) is 15.1. The van der Waals surface area contributed by atoms with Gasteiger partial charge in [0.05, 0.1) is 28.2 Å². The molecule has 0 fully saturated rings. The number of rotatable bonds is 5. The van der Waals surface area contributed by atoms with Crippen LogP contribution in [0.25, 0.3) is 0 Å². The quantitative estimate of drug-likeness (QED) is 0.797. The third-order valence-corrected chi connectivity index (χ3v) is 5.05. The number of benzene rings is 1. The van der Waals surface area contributed by atoms with E-state index >= 15 is 0 Å². The van der Waals surface area contributed by atoms with Gasteiger partial charge in [-0.1, -0.05) is 30.3 Å². The summed E-state index contributed by atoms with van der Waals surface area (Å²) >= 11 is 1.45. The van der Waals surface area contributed by atoms with Crippen molar-refractivity contribution in [2.75, 3.05) is 6.26 Å². The van der Waals surface area contributed by atoms with E-state index in [1.54, 1.807) is 12.4 Å². The number of thioether (sulfide) groups is 1. The molecule has 0 aliphatic carbocycles. The van der Waals surface area contributed by atoms with Crippen LogP contribution >= 0.6 is 11.8 Å². The Morgan fingerprint density at radius 3 is 2.59 bits per heavy atom. The minimum atomic E-state index is -0.482. The first kappa shape index (κ1) is 18.7. The zero-order valence-corrected chi connectivity index (χ0v) is 15.9. The van der Waals surface area contributed by atoms with Crippen molar-refractivity contribution in [3.8, 4) is 6.07 Å². The van der Waals surface area contributed by atoms with Crippen molar-refractivity contribution in [1.82, 2.24) is 10.3 Å². The Morgan fingerprint density at radius 2 is 1.96 bits per heavy atom. The molecule has 0 amide bonds. The summed E-state index contributed by atoms with van der Waals surface area (Å²) in [4.78, 5) is 17.0. The summed E-state index contributed by atoms with van der Waals surface area (Å²) in [6.45, 7) is 2.01. The Kier molecular flexibility index (Phi) is 5.94. The average Bonchev–Trinajstić information content (AvgIpc) is 2.72. The van der Waals surface area contributed by atoms with Gasteiger partial charge in [0.25, 0.3) is 0 Å². The van der Waals surface area contributed by atoms with E-state index in [4.69, 9.17) is 4.74 Å². The predicted molar refractivity (Wildman–Crippen MR) is 105 cm³/mol. The lowest BCUT2D eigenvalue weighted by Crippen LogP contribution is -2.28. The summed E-state index contributed by atoms with van der Waals surface area (Å²) in [5.41, 5.74) is 3.39. The predicted octanol–water partition coefficient (Wildman–Crippen LogP) is 3.88. The minimum Gasteiger partial charge on any atom is -0.457 e. The van der Waals surface area contributed by atoms with Gasteiger partial charge in [-0.05, 0) is 36.4 Å². The number of carbonyl (C=O) groups is 1. The highest BCUT2D eigenvalue weighted by molar-refractivity contribution is 8.02. The van der Waals surface area contributed by atoms with E-state index < -0.39 is 11.9 Å². The Bertz CT molecular complexity index is 931.